The SMILES string of the molecule is CCCCCCCCCCCCCCCCCCCCCOCC(COP(=O)([O-])OCC[N+](C)(C)C)OC(=O)CCCCCCCCC. The zero-order chi connectivity index (χ0) is 35.6. The van der Waals surface area contributed by atoms with Gasteiger partial charge in [-0.25, -0.2) is 0 Å². The molecule has 0 aromatic carbocycles. The number of unbranched alkanes of at least 4 members (excludes halogenated alkanes) is 24. The minimum Gasteiger partial charge on any atom is -0.756 e. The standard InChI is InChI=1S/C39H80NO7P/c1-6-8-10-12-14-15-16-17-18-19-20-21-22-23-24-25-27-29-31-34-44-36-38(37-46-48(42,43)45-35-33-40(3,4)5)47-39(41)32-30-28-26-13-11-9-7-2/h38H,6-37H2,1-5H3. The first-order valence-corrected chi connectivity index (χ1v) is 21.7. The second-order valence-corrected chi connectivity index (χ2v) is 16.4. The van der Waals surface area contributed by atoms with Gasteiger partial charge in [-0.05, 0) is 12.8 Å². The Morgan fingerprint density at radius 1 is 0.562 bits per heavy atom. The molecule has 0 aromatic rings. The van der Waals surface area contributed by atoms with Crippen molar-refractivity contribution in [2.45, 2.75) is 193 Å². The van der Waals surface area contributed by atoms with Crippen molar-refractivity contribution in [2.24, 2.45) is 0 Å². The Labute approximate surface area is 298 Å². The van der Waals surface area contributed by atoms with Gasteiger partial charge >= 0.3 is 5.97 Å². The molecule has 9 heteroatoms. The summed E-state index contributed by atoms with van der Waals surface area (Å²) in [6.07, 6.45) is 32.7. The molecule has 0 radical (unpaired) electrons. The van der Waals surface area contributed by atoms with E-state index in [1.807, 2.05) is 21.1 Å². The summed E-state index contributed by atoms with van der Waals surface area (Å²) in [5.74, 6) is -0.337. The highest BCUT2D eigenvalue weighted by atomic mass is 31.2. The molecule has 8 nitrogen and oxygen atoms in total. The van der Waals surface area contributed by atoms with Crippen LogP contribution in [0.2, 0.25) is 0 Å². The number of esters is 1. The predicted molar refractivity (Wildman–Crippen MR) is 199 cm³/mol. The molecule has 2 unspecified atom stereocenters. The van der Waals surface area contributed by atoms with Crippen LogP contribution in [0.4, 0.5) is 0 Å². The average Bonchev–Trinajstić information content (AvgIpc) is 3.03. The van der Waals surface area contributed by atoms with Crippen molar-refractivity contribution in [3.8, 4) is 0 Å². The van der Waals surface area contributed by atoms with E-state index >= 15 is 0 Å². The number of phosphoric ester groups is 1. The molecule has 0 heterocycles. The summed E-state index contributed by atoms with van der Waals surface area (Å²) in [6, 6.07) is 0. The normalized spacial score (nSPS) is 13.9. The Bertz CT molecular complexity index is 746. The van der Waals surface area contributed by atoms with Crippen LogP contribution in [-0.4, -0.2) is 70.7 Å². The molecule has 0 N–H and O–H groups in total. The lowest BCUT2D eigenvalue weighted by Gasteiger charge is -2.28. The van der Waals surface area contributed by atoms with Crippen molar-refractivity contribution in [1.82, 2.24) is 0 Å². The molecule has 0 saturated carbocycles. The van der Waals surface area contributed by atoms with E-state index in [0.717, 1.165) is 32.1 Å². The third-order valence-corrected chi connectivity index (χ3v) is 9.87. The second kappa shape index (κ2) is 33.6. The zero-order valence-corrected chi connectivity index (χ0v) is 33.4. The zero-order valence-electron chi connectivity index (χ0n) is 32.5. The molecule has 288 valence electrons. The Morgan fingerprint density at radius 2 is 0.958 bits per heavy atom. The molecule has 0 fully saturated rings. The molecule has 48 heavy (non-hydrogen) atoms. The average molecular weight is 706 g/mol. The van der Waals surface area contributed by atoms with E-state index in [1.165, 1.54) is 135 Å². The molecule has 0 aliphatic carbocycles. The number of quaternary nitrogens is 1. The Kier molecular flexibility index (Phi) is 33.3. The molecule has 0 spiro atoms. The van der Waals surface area contributed by atoms with Gasteiger partial charge in [-0.2, -0.15) is 0 Å². The Morgan fingerprint density at radius 3 is 1.38 bits per heavy atom. The Hall–Kier alpha value is -0.500. The van der Waals surface area contributed by atoms with E-state index in [-0.39, 0.29) is 25.8 Å². The topological polar surface area (TPSA) is 94.1 Å². The minimum absolute atomic E-state index is 0.0306. The summed E-state index contributed by atoms with van der Waals surface area (Å²) in [5.41, 5.74) is 0. The molecular weight excluding hydrogens is 625 g/mol. The number of carbonyl (C=O) groups excluding carboxylic acids is 1. The number of phosphoric acid groups is 1. The number of hydrogen-bond acceptors (Lipinski definition) is 7. The third-order valence-electron chi connectivity index (χ3n) is 8.91. The summed E-state index contributed by atoms with van der Waals surface area (Å²) in [4.78, 5) is 24.8. The molecule has 2 atom stereocenters. The van der Waals surface area contributed by atoms with E-state index in [1.54, 1.807) is 0 Å². The molecule has 0 amide bonds. The monoisotopic (exact) mass is 706 g/mol. The quantitative estimate of drug-likeness (QED) is 0.0273. The van der Waals surface area contributed by atoms with Gasteiger partial charge in [-0.3, -0.25) is 9.36 Å². The first kappa shape index (κ1) is 47.5. The van der Waals surface area contributed by atoms with Gasteiger partial charge in [0.05, 0.1) is 34.4 Å². The van der Waals surface area contributed by atoms with Crippen LogP contribution in [0, 0.1) is 0 Å². The van der Waals surface area contributed by atoms with Gasteiger partial charge in [0.25, 0.3) is 7.82 Å². The first-order chi connectivity index (χ1) is 23.1. The fourth-order valence-electron chi connectivity index (χ4n) is 5.72. The maximum absolute atomic E-state index is 12.5. The highest BCUT2D eigenvalue weighted by Crippen LogP contribution is 2.38. The predicted octanol–water partition coefficient (Wildman–Crippen LogP) is 10.7. The minimum atomic E-state index is -4.50. The highest BCUT2D eigenvalue weighted by Gasteiger charge is 2.20. The van der Waals surface area contributed by atoms with Gasteiger partial charge in [-0.15, -0.1) is 0 Å². The van der Waals surface area contributed by atoms with Crippen molar-refractivity contribution < 1.29 is 37.3 Å². The van der Waals surface area contributed by atoms with Crippen LogP contribution < -0.4 is 4.89 Å². The van der Waals surface area contributed by atoms with Crippen molar-refractivity contribution >= 4 is 13.8 Å². The van der Waals surface area contributed by atoms with Gasteiger partial charge in [0.1, 0.15) is 19.3 Å². The van der Waals surface area contributed by atoms with E-state index in [4.69, 9.17) is 18.5 Å². The van der Waals surface area contributed by atoms with Gasteiger partial charge < -0.3 is 27.9 Å². The fraction of sp³-hybridized carbons (Fsp3) is 0.974. The molecule has 0 bridgehead atoms. The maximum atomic E-state index is 12.5. The molecule has 0 saturated heterocycles. The summed E-state index contributed by atoms with van der Waals surface area (Å²) < 4.78 is 34.4. The van der Waals surface area contributed by atoms with E-state index < -0.39 is 13.9 Å². The van der Waals surface area contributed by atoms with E-state index in [0.29, 0.717) is 24.1 Å². The van der Waals surface area contributed by atoms with Gasteiger partial charge in [0.15, 0.2) is 0 Å². The smallest absolute Gasteiger partial charge is 0.306 e. The van der Waals surface area contributed by atoms with Crippen LogP contribution in [0.5, 0.6) is 0 Å². The van der Waals surface area contributed by atoms with Crippen molar-refractivity contribution in [3.63, 3.8) is 0 Å². The van der Waals surface area contributed by atoms with Gasteiger partial charge in [-0.1, -0.05) is 168 Å². The maximum Gasteiger partial charge on any atom is 0.306 e. The van der Waals surface area contributed by atoms with Crippen LogP contribution in [0.25, 0.3) is 0 Å². The molecule has 0 aromatic heterocycles. The third kappa shape index (κ3) is 36.8. The molecular formula is C39H80NO7P. The second-order valence-electron chi connectivity index (χ2n) is 15.0. The summed E-state index contributed by atoms with van der Waals surface area (Å²) >= 11 is 0. The van der Waals surface area contributed by atoms with Crippen LogP contribution >= 0.6 is 7.82 Å². The van der Waals surface area contributed by atoms with Crippen molar-refractivity contribution in [2.75, 3.05) is 54.1 Å². The first-order valence-electron chi connectivity index (χ1n) is 20.3. The lowest BCUT2D eigenvalue weighted by atomic mass is 10.0. The van der Waals surface area contributed by atoms with Crippen LogP contribution in [0.15, 0.2) is 0 Å². The largest absolute Gasteiger partial charge is 0.756 e. The summed E-state index contributed by atoms with van der Waals surface area (Å²) in [5, 5.41) is 0. The van der Waals surface area contributed by atoms with Gasteiger partial charge in [0.2, 0.25) is 0 Å². The fourth-order valence-corrected chi connectivity index (χ4v) is 6.45. The molecule has 0 rings (SSSR count). The number of likely N-dealkylation sites (N-methyl/N-ethyl adjacent to an activating group) is 1. The number of carbonyl (C=O) groups is 1. The highest BCUT2D eigenvalue weighted by molar-refractivity contribution is 7.45. The van der Waals surface area contributed by atoms with Gasteiger partial charge in [0, 0.05) is 13.0 Å². The van der Waals surface area contributed by atoms with Crippen LogP contribution in [-0.2, 0) is 27.9 Å². The number of rotatable bonds is 38. The number of nitrogens with zero attached hydrogens (tertiary/aromatic N) is 1. The van der Waals surface area contributed by atoms with Crippen molar-refractivity contribution in [3.05, 3.63) is 0 Å². The Balaban J connectivity index is 4.06. The van der Waals surface area contributed by atoms with Crippen LogP contribution in [0.3, 0.4) is 0 Å². The molecule has 0 aliphatic rings. The molecule has 0 aliphatic heterocycles. The summed E-state index contributed by atoms with van der Waals surface area (Å²) in [6.45, 7) is 5.40. The summed E-state index contributed by atoms with van der Waals surface area (Å²) in [7, 11) is 1.37. The van der Waals surface area contributed by atoms with Crippen molar-refractivity contribution in [1.29, 1.82) is 0 Å². The lowest BCUT2D eigenvalue weighted by molar-refractivity contribution is -0.870. The van der Waals surface area contributed by atoms with E-state index in [2.05, 4.69) is 13.8 Å². The lowest BCUT2D eigenvalue weighted by Crippen LogP contribution is -2.37. The van der Waals surface area contributed by atoms with Crippen LogP contribution in [0.1, 0.15) is 187 Å². The van der Waals surface area contributed by atoms with E-state index in [9.17, 15) is 14.3 Å². The number of ether oxygens (including phenoxy) is 2. The number of hydrogen-bond donors (Lipinski definition) is 0.